The average molecular weight is 441 g/mol. The van der Waals surface area contributed by atoms with Gasteiger partial charge in [-0.3, -0.25) is 0 Å². The van der Waals surface area contributed by atoms with E-state index in [1.54, 1.807) is 12.1 Å². The third-order valence-electron chi connectivity index (χ3n) is 5.52. The Labute approximate surface area is 183 Å². The Morgan fingerprint density at radius 2 is 1.63 bits per heavy atom. The van der Waals surface area contributed by atoms with Gasteiger partial charge in [0.25, 0.3) is 0 Å². The number of anilines is 2. The fourth-order valence-corrected chi connectivity index (χ4v) is 5.49. The minimum Gasteiger partial charge on any atom is -0.341 e. The number of benzene rings is 3. The molecule has 1 aliphatic rings. The topological polar surface area (TPSA) is 49.4 Å². The molecule has 0 radical (unpaired) electrons. The number of hydrogen-bond donors (Lipinski definition) is 1. The van der Waals surface area contributed by atoms with Gasteiger partial charge in [-0.2, -0.15) is 0 Å². The molecule has 0 saturated heterocycles. The van der Waals surface area contributed by atoms with Crippen LogP contribution >= 0.6 is 11.6 Å². The second kappa shape index (κ2) is 8.80. The van der Waals surface area contributed by atoms with Crippen molar-refractivity contribution in [1.29, 1.82) is 0 Å². The third kappa shape index (κ3) is 4.38. The van der Waals surface area contributed by atoms with Crippen molar-refractivity contribution < 1.29 is 8.42 Å². The summed E-state index contributed by atoms with van der Waals surface area (Å²) >= 11 is 6.31. The maximum absolute atomic E-state index is 12.7. The van der Waals surface area contributed by atoms with Crippen LogP contribution in [0.25, 0.3) is 0 Å². The van der Waals surface area contributed by atoms with Crippen molar-refractivity contribution in [2.45, 2.75) is 31.1 Å². The first-order chi connectivity index (χ1) is 14.5. The van der Waals surface area contributed by atoms with E-state index >= 15 is 0 Å². The lowest BCUT2D eigenvalue weighted by atomic mass is 10.0. The summed E-state index contributed by atoms with van der Waals surface area (Å²) in [5.74, 6) is 0. The van der Waals surface area contributed by atoms with Crippen LogP contribution in [0.15, 0.2) is 71.6 Å². The van der Waals surface area contributed by atoms with Crippen molar-refractivity contribution in [2.75, 3.05) is 18.0 Å². The molecule has 3 aromatic carbocycles. The predicted molar refractivity (Wildman–Crippen MR) is 123 cm³/mol. The van der Waals surface area contributed by atoms with Gasteiger partial charge in [0.05, 0.1) is 4.90 Å². The quantitative estimate of drug-likeness (QED) is 0.532. The van der Waals surface area contributed by atoms with E-state index < -0.39 is 10.0 Å². The van der Waals surface area contributed by atoms with E-state index in [1.807, 2.05) is 37.3 Å². The Bertz CT molecular complexity index is 1160. The van der Waals surface area contributed by atoms with Crippen LogP contribution in [0.3, 0.4) is 0 Å². The Kier molecular flexibility index (Phi) is 6.14. The van der Waals surface area contributed by atoms with Crippen molar-refractivity contribution in [3.63, 3.8) is 0 Å². The summed E-state index contributed by atoms with van der Waals surface area (Å²) in [4.78, 5) is 2.60. The maximum Gasteiger partial charge on any atom is 0.240 e. The van der Waals surface area contributed by atoms with Gasteiger partial charge in [0.2, 0.25) is 10.0 Å². The SMILES string of the molecule is Cc1ccccc1S(=O)(=O)NCCCN1c2ccccc2CCc2ccc(Cl)cc21. The summed E-state index contributed by atoms with van der Waals surface area (Å²) in [6.07, 6.45) is 2.60. The fraction of sp³-hybridized carbons (Fsp3) is 0.250. The molecule has 156 valence electrons. The largest absolute Gasteiger partial charge is 0.341 e. The van der Waals surface area contributed by atoms with Gasteiger partial charge in [-0.05, 0) is 67.1 Å². The molecule has 4 rings (SSSR count). The molecule has 0 amide bonds. The van der Waals surface area contributed by atoms with Crippen LogP contribution in [0, 0.1) is 6.92 Å². The third-order valence-corrected chi connectivity index (χ3v) is 7.37. The molecule has 1 heterocycles. The summed E-state index contributed by atoms with van der Waals surface area (Å²) in [7, 11) is -3.52. The zero-order valence-corrected chi connectivity index (χ0v) is 18.5. The minimum atomic E-state index is -3.52. The molecule has 0 unspecified atom stereocenters. The zero-order valence-electron chi connectivity index (χ0n) is 16.9. The molecule has 0 spiro atoms. The van der Waals surface area contributed by atoms with Crippen molar-refractivity contribution in [3.05, 3.63) is 88.4 Å². The first-order valence-electron chi connectivity index (χ1n) is 10.1. The Hall–Kier alpha value is -2.34. The molecule has 0 fully saturated rings. The van der Waals surface area contributed by atoms with E-state index in [2.05, 4.69) is 33.9 Å². The van der Waals surface area contributed by atoms with E-state index in [0.717, 1.165) is 24.1 Å². The molecular weight excluding hydrogens is 416 g/mol. The summed E-state index contributed by atoms with van der Waals surface area (Å²) in [6.45, 7) is 2.87. The second-order valence-corrected chi connectivity index (χ2v) is 9.74. The molecule has 0 aliphatic carbocycles. The normalized spacial score (nSPS) is 13.5. The average Bonchev–Trinajstić information content (AvgIpc) is 2.88. The van der Waals surface area contributed by atoms with Gasteiger partial charge in [-0.25, -0.2) is 13.1 Å². The fourth-order valence-electron chi connectivity index (χ4n) is 4.00. The molecule has 1 aliphatic heterocycles. The van der Waals surface area contributed by atoms with Crippen LogP contribution in [0.1, 0.15) is 23.1 Å². The molecule has 4 nitrogen and oxygen atoms in total. The molecule has 6 heteroatoms. The zero-order chi connectivity index (χ0) is 21.1. The van der Waals surface area contributed by atoms with Crippen LogP contribution in [0.2, 0.25) is 5.02 Å². The number of nitrogens with one attached hydrogen (secondary N) is 1. The number of rotatable bonds is 6. The first-order valence-corrected chi connectivity index (χ1v) is 12.0. The summed E-state index contributed by atoms with van der Waals surface area (Å²) in [6, 6.07) is 21.5. The van der Waals surface area contributed by atoms with E-state index in [-0.39, 0.29) is 0 Å². The standard InChI is InChI=1S/C24H25ClN2O2S/c1-18-7-2-5-10-24(18)30(28,29)26-15-6-16-27-22-9-4-3-8-19(22)11-12-20-13-14-21(25)17-23(20)27/h2-5,7-10,13-14,17,26H,6,11-12,15-16H2,1H3. The van der Waals surface area contributed by atoms with E-state index in [4.69, 9.17) is 11.6 Å². The van der Waals surface area contributed by atoms with Gasteiger partial charge in [0.1, 0.15) is 0 Å². The summed E-state index contributed by atoms with van der Waals surface area (Å²) < 4.78 is 28.1. The van der Waals surface area contributed by atoms with Crippen LogP contribution < -0.4 is 9.62 Å². The predicted octanol–water partition coefficient (Wildman–Crippen LogP) is 5.25. The second-order valence-electron chi connectivity index (χ2n) is 7.57. The minimum absolute atomic E-state index is 0.335. The van der Waals surface area contributed by atoms with Gasteiger partial charge < -0.3 is 4.90 Å². The monoisotopic (exact) mass is 440 g/mol. The Balaban J connectivity index is 1.52. The summed E-state index contributed by atoms with van der Waals surface area (Å²) in [5, 5.41) is 0.707. The molecule has 1 N–H and O–H groups in total. The van der Waals surface area contributed by atoms with E-state index in [1.165, 1.54) is 16.8 Å². The van der Waals surface area contributed by atoms with Crippen LogP contribution in [0.4, 0.5) is 11.4 Å². The molecule has 3 aromatic rings. The Morgan fingerprint density at radius 1 is 0.933 bits per heavy atom. The molecule has 0 atom stereocenters. The molecule has 30 heavy (non-hydrogen) atoms. The number of aryl methyl sites for hydroxylation is 3. The summed E-state index contributed by atoms with van der Waals surface area (Å²) in [5.41, 5.74) is 5.57. The highest BCUT2D eigenvalue weighted by Crippen LogP contribution is 2.37. The van der Waals surface area contributed by atoms with E-state index in [9.17, 15) is 8.42 Å². The van der Waals surface area contributed by atoms with Crippen LogP contribution in [-0.2, 0) is 22.9 Å². The van der Waals surface area contributed by atoms with Gasteiger partial charge in [0, 0.05) is 29.5 Å². The van der Waals surface area contributed by atoms with Crippen molar-refractivity contribution in [1.82, 2.24) is 4.72 Å². The molecular formula is C24H25ClN2O2S. The van der Waals surface area contributed by atoms with E-state index in [0.29, 0.717) is 29.4 Å². The van der Waals surface area contributed by atoms with Gasteiger partial charge in [-0.1, -0.05) is 54.1 Å². The van der Waals surface area contributed by atoms with Crippen molar-refractivity contribution in [3.8, 4) is 0 Å². The number of hydrogen-bond acceptors (Lipinski definition) is 3. The highest BCUT2D eigenvalue weighted by Gasteiger charge is 2.21. The van der Waals surface area contributed by atoms with Crippen LogP contribution in [-0.4, -0.2) is 21.5 Å². The van der Waals surface area contributed by atoms with Crippen molar-refractivity contribution in [2.24, 2.45) is 0 Å². The number of sulfonamides is 1. The maximum atomic E-state index is 12.7. The number of para-hydroxylation sites is 1. The lowest BCUT2D eigenvalue weighted by Crippen LogP contribution is -2.29. The van der Waals surface area contributed by atoms with Gasteiger partial charge in [0.15, 0.2) is 0 Å². The number of nitrogens with zero attached hydrogens (tertiary/aromatic N) is 1. The lowest BCUT2D eigenvalue weighted by molar-refractivity contribution is 0.578. The van der Waals surface area contributed by atoms with Crippen molar-refractivity contribution >= 4 is 33.0 Å². The Morgan fingerprint density at radius 3 is 2.43 bits per heavy atom. The molecule has 0 aromatic heterocycles. The molecule has 0 saturated carbocycles. The molecule has 0 bridgehead atoms. The van der Waals surface area contributed by atoms with Crippen LogP contribution in [0.5, 0.6) is 0 Å². The smallest absolute Gasteiger partial charge is 0.240 e. The first kappa shape index (κ1) is 20.9. The van der Waals surface area contributed by atoms with Gasteiger partial charge in [-0.15, -0.1) is 0 Å². The lowest BCUT2D eigenvalue weighted by Gasteiger charge is -2.27. The highest BCUT2D eigenvalue weighted by molar-refractivity contribution is 7.89. The van der Waals surface area contributed by atoms with Gasteiger partial charge >= 0.3 is 0 Å². The number of fused-ring (bicyclic) bond motifs is 2. The number of halogens is 1. The highest BCUT2D eigenvalue weighted by atomic mass is 35.5.